The van der Waals surface area contributed by atoms with E-state index in [2.05, 4.69) is 61.1 Å². The zero-order valence-corrected chi connectivity index (χ0v) is 19.2. The van der Waals surface area contributed by atoms with Gasteiger partial charge in [-0.1, -0.05) is 62.2 Å². The van der Waals surface area contributed by atoms with E-state index < -0.39 is 0 Å². The molecule has 0 spiro atoms. The van der Waals surface area contributed by atoms with Gasteiger partial charge in [-0.25, -0.2) is 4.68 Å². The fraction of sp³-hybridized carbons (Fsp3) is 0.571. The van der Waals surface area contributed by atoms with E-state index in [1.807, 2.05) is 22.9 Å². The van der Waals surface area contributed by atoms with Gasteiger partial charge in [-0.2, -0.15) is 0 Å². The number of halogens is 2. The molecular weight excluding hydrogens is 409 g/mol. The third kappa shape index (κ3) is 5.00. The molecule has 0 unspecified atom stereocenters. The first kappa shape index (κ1) is 22.2. The molecule has 1 aliphatic heterocycles. The minimum atomic E-state index is -0.317. The molecule has 0 aliphatic carbocycles. The highest BCUT2D eigenvalue weighted by Gasteiger charge is 2.38. The van der Waals surface area contributed by atoms with Crippen LogP contribution in [0.15, 0.2) is 24.3 Å². The molecule has 1 aromatic heterocycles. The minimum absolute atomic E-state index is 0.0560. The zero-order chi connectivity index (χ0) is 21.2. The van der Waals surface area contributed by atoms with Gasteiger partial charge in [0.1, 0.15) is 0 Å². The lowest BCUT2D eigenvalue weighted by Gasteiger charge is -2.41. The van der Waals surface area contributed by atoms with E-state index in [4.69, 9.17) is 27.9 Å². The molecule has 1 fully saturated rings. The van der Waals surface area contributed by atoms with Crippen LogP contribution in [0.5, 0.6) is 0 Å². The lowest BCUT2D eigenvalue weighted by atomic mass is 9.85. The summed E-state index contributed by atoms with van der Waals surface area (Å²) in [5.41, 5.74) is 0.482. The SMILES string of the molecule is CC(C)(C)[C@@H](/C=C\c1ccc(Cl)cc1Cl)n1nnnc1C(C)(C)N1CCOCC1. The van der Waals surface area contributed by atoms with Gasteiger partial charge in [-0.05, 0) is 47.4 Å². The molecule has 0 saturated carbocycles. The first-order chi connectivity index (χ1) is 13.6. The summed E-state index contributed by atoms with van der Waals surface area (Å²) >= 11 is 12.4. The van der Waals surface area contributed by atoms with Crippen molar-refractivity contribution in [3.8, 4) is 0 Å². The van der Waals surface area contributed by atoms with Crippen LogP contribution in [0.25, 0.3) is 6.08 Å². The molecule has 6 nitrogen and oxygen atoms in total. The summed E-state index contributed by atoms with van der Waals surface area (Å²) in [7, 11) is 0. The van der Waals surface area contributed by atoms with Gasteiger partial charge >= 0.3 is 0 Å². The second-order valence-corrected chi connectivity index (χ2v) is 9.78. The predicted molar refractivity (Wildman–Crippen MR) is 117 cm³/mol. The molecule has 2 aromatic rings. The molecule has 1 atom stereocenters. The van der Waals surface area contributed by atoms with Crippen molar-refractivity contribution in [1.29, 1.82) is 0 Å². The summed E-state index contributed by atoms with van der Waals surface area (Å²) in [5, 5.41) is 14.1. The molecule has 3 rings (SSSR count). The Morgan fingerprint density at radius 2 is 1.79 bits per heavy atom. The van der Waals surface area contributed by atoms with E-state index in [0.29, 0.717) is 10.0 Å². The lowest BCUT2D eigenvalue weighted by molar-refractivity contribution is -0.0171. The van der Waals surface area contributed by atoms with Crippen LogP contribution < -0.4 is 0 Å². The molecule has 0 bridgehead atoms. The minimum Gasteiger partial charge on any atom is -0.379 e. The van der Waals surface area contributed by atoms with Crippen molar-refractivity contribution >= 4 is 29.3 Å². The third-order valence-electron chi connectivity index (χ3n) is 5.41. The second-order valence-electron chi connectivity index (χ2n) is 8.94. The highest BCUT2D eigenvalue weighted by molar-refractivity contribution is 6.35. The number of morpholine rings is 1. The van der Waals surface area contributed by atoms with Gasteiger partial charge in [0.05, 0.1) is 24.8 Å². The predicted octanol–water partition coefficient (Wildman–Crippen LogP) is 4.85. The first-order valence-electron chi connectivity index (χ1n) is 9.85. The molecule has 0 amide bonds. The highest BCUT2D eigenvalue weighted by atomic mass is 35.5. The van der Waals surface area contributed by atoms with E-state index in [-0.39, 0.29) is 17.0 Å². The molecule has 8 heteroatoms. The summed E-state index contributed by atoms with van der Waals surface area (Å²) in [6.45, 7) is 14.0. The fourth-order valence-corrected chi connectivity index (χ4v) is 4.09. The molecule has 1 saturated heterocycles. The number of hydrogen-bond acceptors (Lipinski definition) is 5. The van der Waals surface area contributed by atoms with Crippen LogP contribution in [0, 0.1) is 5.41 Å². The molecule has 1 aromatic carbocycles. The number of benzene rings is 1. The highest BCUT2D eigenvalue weighted by Crippen LogP contribution is 2.36. The van der Waals surface area contributed by atoms with Crippen LogP contribution in [0.4, 0.5) is 0 Å². The smallest absolute Gasteiger partial charge is 0.171 e. The van der Waals surface area contributed by atoms with Gasteiger partial charge in [-0.3, -0.25) is 4.90 Å². The average molecular weight is 438 g/mol. The largest absolute Gasteiger partial charge is 0.379 e. The Labute approximate surface area is 182 Å². The molecule has 158 valence electrons. The van der Waals surface area contributed by atoms with Crippen LogP contribution in [-0.2, 0) is 10.3 Å². The Kier molecular flexibility index (Phi) is 6.68. The van der Waals surface area contributed by atoms with Crippen LogP contribution in [-0.4, -0.2) is 51.4 Å². The van der Waals surface area contributed by atoms with Crippen LogP contribution in [0.1, 0.15) is 52.0 Å². The van der Waals surface area contributed by atoms with E-state index in [1.165, 1.54) is 0 Å². The maximum atomic E-state index is 6.36. The van der Waals surface area contributed by atoms with Crippen LogP contribution >= 0.6 is 23.2 Å². The lowest BCUT2D eigenvalue weighted by Crippen LogP contribution is -2.49. The maximum Gasteiger partial charge on any atom is 0.171 e. The monoisotopic (exact) mass is 437 g/mol. The number of rotatable bonds is 5. The van der Waals surface area contributed by atoms with Crippen molar-refractivity contribution in [3.63, 3.8) is 0 Å². The van der Waals surface area contributed by atoms with Crippen molar-refractivity contribution in [1.82, 2.24) is 25.1 Å². The average Bonchev–Trinajstić information content (AvgIpc) is 3.13. The normalized spacial score (nSPS) is 17.8. The third-order valence-corrected chi connectivity index (χ3v) is 5.98. The quantitative estimate of drug-likeness (QED) is 0.668. The summed E-state index contributed by atoms with van der Waals surface area (Å²) < 4.78 is 7.46. The standard InChI is InChI=1S/C21H29Cl2N5O/c1-20(2,3)18(9-7-15-6-8-16(22)14-17(15)23)28-19(24-25-26-28)21(4,5)27-10-12-29-13-11-27/h6-9,14,18H,10-13H2,1-5H3/b9-7-/t18-/m1/s1. The molecule has 29 heavy (non-hydrogen) atoms. The number of allylic oxidation sites excluding steroid dienone is 1. The van der Waals surface area contributed by atoms with E-state index in [1.54, 1.807) is 6.07 Å². The number of ether oxygens (including phenoxy) is 1. The van der Waals surface area contributed by atoms with Crippen molar-refractivity contribution in [2.45, 2.75) is 46.2 Å². The fourth-order valence-electron chi connectivity index (χ4n) is 3.62. The maximum absolute atomic E-state index is 6.36. The number of tetrazole rings is 1. The van der Waals surface area contributed by atoms with Crippen LogP contribution in [0.3, 0.4) is 0 Å². The second kappa shape index (κ2) is 8.72. The summed E-state index contributed by atoms with van der Waals surface area (Å²) in [5.74, 6) is 0.839. The Hall–Kier alpha value is -1.47. The summed E-state index contributed by atoms with van der Waals surface area (Å²) in [6, 6.07) is 5.45. The van der Waals surface area contributed by atoms with Gasteiger partial charge in [0.2, 0.25) is 0 Å². The van der Waals surface area contributed by atoms with Crippen molar-refractivity contribution < 1.29 is 4.74 Å². The summed E-state index contributed by atoms with van der Waals surface area (Å²) in [6.07, 6.45) is 4.13. The molecule has 0 N–H and O–H groups in total. The number of nitrogens with zero attached hydrogens (tertiary/aromatic N) is 5. The molecule has 1 aliphatic rings. The molecular formula is C21H29Cl2N5O. The van der Waals surface area contributed by atoms with Gasteiger partial charge in [0.15, 0.2) is 5.82 Å². The van der Waals surface area contributed by atoms with E-state index in [9.17, 15) is 0 Å². The van der Waals surface area contributed by atoms with Crippen molar-refractivity contribution in [2.75, 3.05) is 26.3 Å². The van der Waals surface area contributed by atoms with Crippen molar-refractivity contribution in [2.24, 2.45) is 5.41 Å². The Bertz CT molecular complexity index is 866. The molecule has 2 heterocycles. The van der Waals surface area contributed by atoms with Gasteiger partial charge in [0, 0.05) is 23.1 Å². The summed E-state index contributed by atoms with van der Waals surface area (Å²) in [4.78, 5) is 2.37. The van der Waals surface area contributed by atoms with Gasteiger partial charge in [0.25, 0.3) is 0 Å². The Balaban J connectivity index is 1.97. The topological polar surface area (TPSA) is 56.1 Å². The number of hydrogen-bond donors (Lipinski definition) is 0. The van der Waals surface area contributed by atoms with Crippen LogP contribution in [0.2, 0.25) is 10.0 Å². The Morgan fingerprint density at radius 3 is 2.41 bits per heavy atom. The van der Waals surface area contributed by atoms with Gasteiger partial charge < -0.3 is 4.74 Å². The number of aromatic nitrogens is 4. The van der Waals surface area contributed by atoms with Crippen molar-refractivity contribution in [3.05, 3.63) is 45.7 Å². The zero-order valence-electron chi connectivity index (χ0n) is 17.7. The first-order valence-corrected chi connectivity index (χ1v) is 10.6. The Morgan fingerprint density at radius 1 is 1.10 bits per heavy atom. The van der Waals surface area contributed by atoms with E-state index in [0.717, 1.165) is 37.7 Å². The molecule has 0 radical (unpaired) electrons. The van der Waals surface area contributed by atoms with E-state index >= 15 is 0 Å². The van der Waals surface area contributed by atoms with Gasteiger partial charge in [-0.15, -0.1) is 5.10 Å².